The minimum absolute atomic E-state index is 0.00347. The molecule has 0 saturated heterocycles. The summed E-state index contributed by atoms with van der Waals surface area (Å²) in [5, 5.41) is 10.0. The summed E-state index contributed by atoms with van der Waals surface area (Å²) in [5.74, 6) is 0.928. The number of hydrogen-bond donors (Lipinski definition) is 1. The number of ketones is 1. The summed E-state index contributed by atoms with van der Waals surface area (Å²) in [7, 11) is 4.44. The zero-order valence-electron chi connectivity index (χ0n) is 13.5. The summed E-state index contributed by atoms with van der Waals surface area (Å²) < 4.78 is 15.3. The van der Waals surface area contributed by atoms with Gasteiger partial charge in [-0.15, -0.1) is 0 Å². The summed E-state index contributed by atoms with van der Waals surface area (Å²) >= 11 is 6.13. The third-order valence-electron chi connectivity index (χ3n) is 3.37. The molecule has 1 N–H and O–H groups in total. The topological polar surface area (TPSA) is 65.0 Å². The average Bonchev–Trinajstić information content (AvgIpc) is 2.59. The number of benzene rings is 2. The van der Waals surface area contributed by atoms with Gasteiger partial charge in [0.1, 0.15) is 0 Å². The molecular formula is C18H17ClO5. The van der Waals surface area contributed by atoms with Gasteiger partial charge in [0.25, 0.3) is 0 Å². The molecular weight excluding hydrogens is 332 g/mol. The highest BCUT2D eigenvalue weighted by atomic mass is 35.5. The minimum Gasteiger partial charge on any atom is -0.504 e. The first-order valence-electron chi connectivity index (χ1n) is 7.01. The number of rotatable bonds is 6. The van der Waals surface area contributed by atoms with E-state index in [1.54, 1.807) is 18.2 Å². The predicted molar refractivity (Wildman–Crippen MR) is 92.6 cm³/mol. The molecule has 0 aromatic heterocycles. The molecule has 0 saturated carbocycles. The van der Waals surface area contributed by atoms with Gasteiger partial charge in [0.05, 0.1) is 26.4 Å². The molecule has 24 heavy (non-hydrogen) atoms. The van der Waals surface area contributed by atoms with E-state index in [0.29, 0.717) is 28.4 Å². The van der Waals surface area contributed by atoms with Gasteiger partial charge in [-0.2, -0.15) is 0 Å². The maximum Gasteiger partial charge on any atom is 0.187 e. The minimum atomic E-state index is -0.295. The highest BCUT2D eigenvalue weighted by molar-refractivity contribution is 6.35. The SMILES string of the molecule is COc1ccc(/C=C/C(=O)c2cc(OC)c(OC)cc2Cl)cc1O. The maximum absolute atomic E-state index is 12.4. The molecule has 0 radical (unpaired) electrons. The van der Waals surface area contributed by atoms with Gasteiger partial charge in [0.15, 0.2) is 28.8 Å². The van der Waals surface area contributed by atoms with Crippen LogP contribution in [0.2, 0.25) is 5.02 Å². The number of hydrogen-bond acceptors (Lipinski definition) is 5. The van der Waals surface area contributed by atoms with Crippen molar-refractivity contribution in [3.8, 4) is 23.0 Å². The van der Waals surface area contributed by atoms with Crippen molar-refractivity contribution in [2.75, 3.05) is 21.3 Å². The van der Waals surface area contributed by atoms with Gasteiger partial charge in [0.2, 0.25) is 0 Å². The van der Waals surface area contributed by atoms with E-state index in [4.69, 9.17) is 25.8 Å². The smallest absolute Gasteiger partial charge is 0.187 e. The van der Waals surface area contributed by atoms with E-state index < -0.39 is 0 Å². The summed E-state index contributed by atoms with van der Waals surface area (Å²) in [6, 6.07) is 7.89. The lowest BCUT2D eigenvalue weighted by molar-refractivity contribution is 0.104. The first kappa shape index (κ1) is 17.7. The number of carbonyl (C=O) groups excluding carboxylic acids is 1. The van der Waals surface area contributed by atoms with Crippen molar-refractivity contribution in [2.24, 2.45) is 0 Å². The molecule has 0 amide bonds. The van der Waals surface area contributed by atoms with E-state index in [-0.39, 0.29) is 16.6 Å². The molecule has 126 valence electrons. The zero-order chi connectivity index (χ0) is 17.7. The van der Waals surface area contributed by atoms with Crippen molar-refractivity contribution >= 4 is 23.5 Å². The molecule has 6 heteroatoms. The van der Waals surface area contributed by atoms with Crippen LogP contribution in [-0.2, 0) is 0 Å². The van der Waals surface area contributed by atoms with E-state index in [0.717, 1.165) is 0 Å². The molecule has 0 unspecified atom stereocenters. The fourth-order valence-electron chi connectivity index (χ4n) is 2.12. The third-order valence-corrected chi connectivity index (χ3v) is 3.68. The number of methoxy groups -OCH3 is 3. The molecule has 2 rings (SSSR count). The predicted octanol–water partition coefficient (Wildman–Crippen LogP) is 3.97. The van der Waals surface area contributed by atoms with Gasteiger partial charge < -0.3 is 19.3 Å². The Morgan fingerprint density at radius 2 is 1.62 bits per heavy atom. The van der Waals surface area contributed by atoms with Crippen LogP contribution < -0.4 is 14.2 Å². The number of ether oxygens (including phenoxy) is 3. The molecule has 0 fully saturated rings. The van der Waals surface area contributed by atoms with E-state index in [9.17, 15) is 9.90 Å². The highest BCUT2D eigenvalue weighted by Gasteiger charge is 2.14. The summed E-state index contributed by atoms with van der Waals surface area (Å²) in [5.41, 5.74) is 0.946. The Morgan fingerprint density at radius 3 is 2.21 bits per heavy atom. The second-order valence-corrected chi connectivity index (χ2v) is 5.22. The van der Waals surface area contributed by atoms with Crippen LogP contribution in [0.4, 0.5) is 0 Å². The number of allylic oxidation sites excluding steroid dienone is 1. The van der Waals surface area contributed by atoms with Crippen LogP contribution in [0, 0.1) is 0 Å². The monoisotopic (exact) mass is 348 g/mol. The lowest BCUT2D eigenvalue weighted by atomic mass is 10.1. The highest BCUT2D eigenvalue weighted by Crippen LogP contribution is 2.33. The van der Waals surface area contributed by atoms with Crippen LogP contribution >= 0.6 is 11.6 Å². The van der Waals surface area contributed by atoms with Crippen LogP contribution in [-0.4, -0.2) is 32.2 Å². The summed E-state index contributed by atoms with van der Waals surface area (Å²) in [4.78, 5) is 12.4. The van der Waals surface area contributed by atoms with Crippen molar-refractivity contribution in [1.29, 1.82) is 0 Å². The summed E-state index contributed by atoms with van der Waals surface area (Å²) in [6.07, 6.45) is 2.95. The van der Waals surface area contributed by atoms with Gasteiger partial charge in [-0.05, 0) is 29.8 Å². The summed E-state index contributed by atoms with van der Waals surface area (Å²) in [6.45, 7) is 0. The molecule has 0 spiro atoms. The fraction of sp³-hybridized carbons (Fsp3) is 0.167. The third kappa shape index (κ3) is 3.81. The molecule has 5 nitrogen and oxygen atoms in total. The first-order chi connectivity index (χ1) is 11.5. The standard InChI is InChI=1S/C18H17ClO5/c1-22-16-7-5-11(8-15(16)21)4-6-14(20)12-9-17(23-2)18(24-3)10-13(12)19/h4-10,21H,1-3H3/b6-4+. The van der Waals surface area contributed by atoms with Crippen LogP contribution in [0.5, 0.6) is 23.0 Å². The Balaban J connectivity index is 2.28. The van der Waals surface area contributed by atoms with Crippen LogP contribution in [0.25, 0.3) is 6.08 Å². The van der Waals surface area contributed by atoms with Gasteiger partial charge in [0, 0.05) is 11.6 Å². The Labute approximate surface area is 145 Å². The maximum atomic E-state index is 12.4. The lowest BCUT2D eigenvalue weighted by Crippen LogP contribution is -1.99. The second kappa shape index (κ2) is 7.75. The van der Waals surface area contributed by atoms with Gasteiger partial charge >= 0.3 is 0 Å². The largest absolute Gasteiger partial charge is 0.504 e. The van der Waals surface area contributed by atoms with E-state index in [1.807, 2.05) is 0 Å². The van der Waals surface area contributed by atoms with E-state index >= 15 is 0 Å². The number of phenols is 1. The normalized spacial score (nSPS) is 10.7. The molecule has 0 atom stereocenters. The number of carbonyl (C=O) groups is 1. The van der Waals surface area contributed by atoms with Crippen molar-refractivity contribution in [2.45, 2.75) is 0 Å². The zero-order valence-corrected chi connectivity index (χ0v) is 14.3. The number of phenolic OH excluding ortho intramolecular Hbond substituents is 1. The van der Waals surface area contributed by atoms with Crippen LogP contribution in [0.15, 0.2) is 36.4 Å². The molecule has 0 aliphatic carbocycles. The average molecular weight is 349 g/mol. The Kier molecular flexibility index (Phi) is 5.71. The van der Waals surface area contributed by atoms with Crippen molar-refractivity contribution in [3.05, 3.63) is 52.6 Å². The molecule has 2 aromatic carbocycles. The van der Waals surface area contributed by atoms with Crippen molar-refractivity contribution in [3.63, 3.8) is 0 Å². The molecule has 0 aliphatic heterocycles. The van der Waals surface area contributed by atoms with Crippen LogP contribution in [0.1, 0.15) is 15.9 Å². The first-order valence-corrected chi connectivity index (χ1v) is 7.39. The van der Waals surface area contributed by atoms with Crippen LogP contribution in [0.3, 0.4) is 0 Å². The van der Waals surface area contributed by atoms with Gasteiger partial charge in [-0.25, -0.2) is 0 Å². The Hall–Kier alpha value is -2.66. The molecule has 0 heterocycles. The lowest BCUT2D eigenvalue weighted by Gasteiger charge is -2.10. The van der Waals surface area contributed by atoms with Gasteiger partial charge in [-0.1, -0.05) is 23.7 Å². The number of halogens is 1. The van der Waals surface area contributed by atoms with Crippen molar-refractivity contribution < 1.29 is 24.1 Å². The number of aromatic hydroxyl groups is 1. The second-order valence-electron chi connectivity index (χ2n) is 4.82. The molecule has 0 aliphatic rings. The van der Waals surface area contributed by atoms with E-state index in [2.05, 4.69) is 0 Å². The Morgan fingerprint density at radius 1 is 1.00 bits per heavy atom. The van der Waals surface area contributed by atoms with Crippen molar-refractivity contribution in [1.82, 2.24) is 0 Å². The molecule has 0 bridgehead atoms. The Bertz CT molecular complexity index is 783. The fourth-order valence-corrected chi connectivity index (χ4v) is 2.36. The van der Waals surface area contributed by atoms with Gasteiger partial charge in [-0.3, -0.25) is 4.79 Å². The van der Waals surface area contributed by atoms with E-state index in [1.165, 1.54) is 45.6 Å². The molecule has 2 aromatic rings. The quantitative estimate of drug-likeness (QED) is 0.632.